The third kappa shape index (κ3) is 3.55. The minimum absolute atomic E-state index is 0.0161. The Morgan fingerprint density at radius 3 is 3.04 bits per heavy atom. The summed E-state index contributed by atoms with van der Waals surface area (Å²) in [5.41, 5.74) is 2.03. The molecule has 2 aliphatic heterocycles. The zero-order valence-electron chi connectivity index (χ0n) is 14.0. The Kier molecular flexibility index (Phi) is 4.72. The summed E-state index contributed by atoms with van der Waals surface area (Å²) in [6, 6.07) is 10.1. The Balaban J connectivity index is 1.40. The summed E-state index contributed by atoms with van der Waals surface area (Å²) < 4.78 is 5.90. The van der Waals surface area contributed by atoms with Crippen LogP contribution in [0.2, 0.25) is 0 Å². The molecule has 2 saturated heterocycles. The molecule has 0 radical (unpaired) electrons. The number of aromatic nitrogens is 2. The van der Waals surface area contributed by atoms with Crippen molar-refractivity contribution in [1.29, 1.82) is 0 Å². The zero-order valence-corrected chi connectivity index (χ0v) is 14.0. The summed E-state index contributed by atoms with van der Waals surface area (Å²) in [6.45, 7) is 2.70. The fourth-order valence-corrected chi connectivity index (χ4v) is 3.80. The zero-order chi connectivity index (χ0) is 17.1. The minimum Gasteiger partial charge on any atom is -0.376 e. The second kappa shape index (κ2) is 7.29. The van der Waals surface area contributed by atoms with Crippen LogP contribution in [0.15, 0.2) is 48.9 Å². The van der Waals surface area contributed by atoms with Crippen molar-refractivity contribution in [1.82, 2.24) is 20.2 Å². The molecular weight excluding hydrogens is 316 g/mol. The Morgan fingerprint density at radius 1 is 1.28 bits per heavy atom. The molecule has 2 aliphatic rings. The van der Waals surface area contributed by atoms with Gasteiger partial charge in [-0.3, -0.25) is 19.7 Å². The van der Waals surface area contributed by atoms with Crippen LogP contribution in [0.25, 0.3) is 0 Å². The number of ether oxygens (including phenoxy) is 1. The maximum Gasteiger partial charge on any atom is 0.227 e. The Bertz CT molecular complexity index is 710. The van der Waals surface area contributed by atoms with Crippen molar-refractivity contribution < 1.29 is 9.53 Å². The molecule has 0 unspecified atom stereocenters. The molecule has 0 saturated carbocycles. The van der Waals surface area contributed by atoms with Crippen LogP contribution in [-0.2, 0) is 22.6 Å². The third-order valence-electron chi connectivity index (χ3n) is 5.02. The molecule has 6 nitrogen and oxygen atoms in total. The number of hydrogen-bond donors (Lipinski definition) is 1. The van der Waals surface area contributed by atoms with E-state index in [0.717, 1.165) is 30.8 Å². The molecule has 4 heterocycles. The predicted molar refractivity (Wildman–Crippen MR) is 92.4 cm³/mol. The average molecular weight is 338 g/mol. The van der Waals surface area contributed by atoms with E-state index in [4.69, 9.17) is 4.74 Å². The van der Waals surface area contributed by atoms with Crippen LogP contribution in [0.1, 0.15) is 17.7 Å². The lowest BCUT2D eigenvalue weighted by atomic mass is 10.0. The minimum atomic E-state index is -0.132. The maximum atomic E-state index is 12.7. The van der Waals surface area contributed by atoms with Gasteiger partial charge in [0.2, 0.25) is 5.91 Å². The van der Waals surface area contributed by atoms with E-state index >= 15 is 0 Å². The summed E-state index contributed by atoms with van der Waals surface area (Å²) in [5.74, 6) is -0.0721. The van der Waals surface area contributed by atoms with Gasteiger partial charge in [-0.1, -0.05) is 12.1 Å². The molecule has 2 aromatic heterocycles. The quantitative estimate of drug-likeness (QED) is 0.892. The first-order valence-corrected chi connectivity index (χ1v) is 8.73. The van der Waals surface area contributed by atoms with Gasteiger partial charge >= 0.3 is 0 Å². The molecule has 130 valence electrons. The van der Waals surface area contributed by atoms with Crippen molar-refractivity contribution in [2.24, 2.45) is 5.92 Å². The number of nitrogens with zero attached hydrogens (tertiary/aromatic N) is 3. The van der Waals surface area contributed by atoms with Crippen molar-refractivity contribution in [3.8, 4) is 0 Å². The van der Waals surface area contributed by atoms with Gasteiger partial charge in [0.1, 0.15) is 0 Å². The number of fused-ring (bicyclic) bond motifs is 1. The lowest BCUT2D eigenvalue weighted by molar-refractivity contribution is -0.127. The second-order valence-corrected chi connectivity index (χ2v) is 6.63. The van der Waals surface area contributed by atoms with Crippen LogP contribution in [-0.4, -0.2) is 46.1 Å². The number of rotatable bonds is 5. The number of hydrogen-bond acceptors (Lipinski definition) is 5. The fraction of sp³-hybridized carbons (Fsp3) is 0.421. The van der Waals surface area contributed by atoms with Gasteiger partial charge < -0.3 is 10.1 Å². The van der Waals surface area contributed by atoms with E-state index in [2.05, 4.69) is 20.2 Å². The van der Waals surface area contributed by atoms with Crippen molar-refractivity contribution >= 4 is 5.91 Å². The molecule has 2 fully saturated rings. The van der Waals surface area contributed by atoms with E-state index < -0.39 is 0 Å². The third-order valence-corrected chi connectivity index (χ3v) is 5.02. The fourth-order valence-electron chi connectivity index (χ4n) is 3.80. The first-order valence-electron chi connectivity index (χ1n) is 8.73. The number of amides is 1. The normalized spacial score (nSPS) is 25.7. The number of carbonyl (C=O) groups is 1. The molecular formula is C19H22N4O2. The molecule has 0 aliphatic carbocycles. The van der Waals surface area contributed by atoms with E-state index in [1.54, 1.807) is 12.4 Å². The average Bonchev–Trinajstić information content (AvgIpc) is 3.25. The Hall–Kier alpha value is -2.31. The van der Waals surface area contributed by atoms with Gasteiger partial charge in [-0.15, -0.1) is 0 Å². The predicted octanol–water partition coefficient (Wildman–Crippen LogP) is 1.38. The summed E-state index contributed by atoms with van der Waals surface area (Å²) >= 11 is 0. The lowest BCUT2D eigenvalue weighted by Crippen LogP contribution is -2.37. The Labute approximate surface area is 147 Å². The molecule has 3 atom stereocenters. The Morgan fingerprint density at radius 2 is 2.24 bits per heavy atom. The van der Waals surface area contributed by atoms with Gasteiger partial charge in [0.15, 0.2) is 0 Å². The van der Waals surface area contributed by atoms with E-state index in [1.807, 2.05) is 36.5 Å². The molecule has 6 heteroatoms. The van der Waals surface area contributed by atoms with E-state index in [0.29, 0.717) is 19.1 Å². The maximum absolute atomic E-state index is 12.7. The molecule has 2 aromatic rings. The topological polar surface area (TPSA) is 67.4 Å². The van der Waals surface area contributed by atoms with Crippen molar-refractivity contribution in [3.05, 3.63) is 60.2 Å². The van der Waals surface area contributed by atoms with Crippen molar-refractivity contribution in [3.63, 3.8) is 0 Å². The smallest absolute Gasteiger partial charge is 0.227 e. The highest BCUT2D eigenvalue weighted by Gasteiger charge is 2.48. The standard InChI is InChI=1S/C19H22N4O2/c24-19(22-11-14-4-3-7-20-10-14)16-13-23(17-6-9-25-18(16)17)12-15-5-1-2-8-21-15/h1-5,7-8,10,16-18H,6,9,11-13H2,(H,22,24)/t16-,17+,18+/m1/s1. The van der Waals surface area contributed by atoms with Gasteiger partial charge in [-0.05, 0) is 30.2 Å². The van der Waals surface area contributed by atoms with Crippen LogP contribution in [0.4, 0.5) is 0 Å². The first kappa shape index (κ1) is 16.2. The molecule has 25 heavy (non-hydrogen) atoms. The summed E-state index contributed by atoms with van der Waals surface area (Å²) in [4.78, 5) is 23.5. The van der Waals surface area contributed by atoms with E-state index in [-0.39, 0.29) is 17.9 Å². The molecule has 1 amide bonds. The number of carbonyl (C=O) groups excluding carboxylic acids is 1. The number of nitrogens with one attached hydrogen (secondary N) is 1. The van der Waals surface area contributed by atoms with Gasteiger partial charge in [0.05, 0.1) is 17.7 Å². The monoisotopic (exact) mass is 338 g/mol. The summed E-state index contributed by atoms with van der Waals surface area (Å²) in [6.07, 6.45) is 6.28. The van der Waals surface area contributed by atoms with Crippen molar-refractivity contribution in [2.75, 3.05) is 13.2 Å². The molecule has 0 spiro atoms. The molecule has 1 N–H and O–H groups in total. The van der Waals surface area contributed by atoms with Crippen LogP contribution < -0.4 is 5.32 Å². The van der Waals surface area contributed by atoms with Crippen LogP contribution in [0, 0.1) is 5.92 Å². The van der Waals surface area contributed by atoms with Crippen molar-refractivity contribution in [2.45, 2.75) is 31.7 Å². The highest BCUT2D eigenvalue weighted by atomic mass is 16.5. The first-order chi connectivity index (χ1) is 12.3. The SMILES string of the molecule is O=C(NCc1cccnc1)[C@@H]1CN(Cc2ccccn2)[C@H]2CCO[C@@H]12. The van der Waals surface area contributed by atoms with Gasteiger partial charge in [-0.25, -0.2) is 0 Å². The molecule has 4 rings (SSSR count). The van der Waals surface area contributed by atoms with Crippen LogP contribution in [0.3, 0.4) is 0 Å². The van der Waals surface area contributed by atoms with Gasteiger partial charge in [-0.2, -0.15) is 0 Å². The second-order valence-electron chi connectivity index (χ2n) is 6.63. The van der Waals surface area contributed by atoms with E-state index in [1.165, 1.54) is 0 Å². The van der Waals surface area contributed by atoms with E-state index in [9.17, 15) is 4.79 Å². The lowest BCUT2D eigenvalue weighted by Gasteiger charge is -2.21. The summed E-state index contributed by atoms with van der Waals surface area (Å²) in [5, 5.41) is 3.04. The highest BCUT2D eigenvalue weighted by Crippen LogP contribution is 2.34. The molecule has 0 aromatic carbocycles. The highest BCUT2D eigenvalue weighted by molar-refractivity contribution is 5.80. The van der Waals surface area contributed by atoms with Crippen LogP contribution in [0.5, 0.6) is 0 Å². The molecule has 0 bridgehead atoms. The van der Waals surface area contributed by atoms with Gasteiger partial charge in [0.25, 0.3) is 0 Å². The van der Waals surface area contributed by atoms with Crippen LogP contribution >= 0.6 is 0 Å². The largest absolute Gasteiger partial charge is 0.376 e. The summed E-state index contributed by atoms with van der Waals surface area (Å²) in [7, 11) is 0. The van der Waals surface area contributed by atoms with Gasteiger partial charge in [0, 0.05) is 50.9 Å². The number of pyridine rings is 2. The number of likely N-dealkylation sites (tertiary alicyclic amines) is 1.